The summed E-state index contributed by atoms with van der Waals surface area (Å²) >= 11 is 5.82. The van der Waals surface area contributed by atoms with Crippen molar-refractivity contribution in [3.63, 3.8) is 0 Å². The number of benzene rings is 1. The topological polar surface area (TPSA) is 62.4 Å². The predicted octanol–water partition coefficient (Wildman–Crippen LogP) is 2.41. The minimum absolute atomic E-state index is 0.00157. The molecule has 0 atom stereocenters. The molecule has 0 saturated carbocycles. The lowest BCUT2D eigenvalue weighted by molar-refractivity contribution is 0.0371. The second-order valence-electron chi connectivity index (χ2n) is 5.45. The Morgan fingerprint density at radius 3 is 2.52 bits per heavy atom. The van der Waals surface area contributed by atoms with Gasteiger partial charge in [0.15, 0.2) is 5.78 Å². The summed E-state index contributed by atoms with van der Waals surface area (Å²) in [6.07, 6.45) is 1.59. The van der Waals surface area contributed by atoms with Crippen LogP contribution in [0.4, 0.5) is 0 Å². The van der Waals surface area contributed by atoms with E-state index in [4.69, 9.17) is 16.3 Å². The van der Waals surface area contributed by atoms with E-state index in [1.54, 1.807) is 36.5 Å². The molecule has 23 heavy (non-hydrogen) atoms. The Morgan fingerprint density at radius 1 is 1.13 bits per heavy atom. The molecule has 1 fully saturated rings. The first kappa shape index (κ1) is 15.9. The van der Waals surface area contributed by atoms with E-state index in [2.05, 4.69) is 9.88 Å². The van der Waals surface area contributed by atoms with Crippen LogP contribution in [0, 0.1) is 0 Å². The van der Waals surface area contributed by atoms with Gasteiger partial charge in [0.05, 0.1) is 25.5 Å². The van der Waals surface area contributed by atoms with Crippen LogP contribution in [0.5, 0.6) is 0 Å². The number of H-pyrrole nitrogens is 1. The Kier molecular flexibility index (Phi) is 4.91. The first-order valence-electron chi connectivity index (χ1n) is 7.45. The molecule has 0 amide bonds. The number of carbonyl (C=O) groups excluding carboxylic acids is 2. The van der Waals surface area contributed by atoms with E-state index in [0.717, 1.165) is 13.1 Å². The highest BCUT2D eigenvalue weighted by Crippen LogP contribution is 2.15. The van der Waals surface area contributed by atoms with Gasteiger partial charge in [-0.1, -0.05) is 11.6 Å². The summed E-state index contributed by atoms with van der Waals surface area (Å²) in [6, 6.07) is 8.28. The normalized spacial score (nSPS) is 15.5. The largest absolute Gasteiger partial charge is 0.379 e. The molecule has 1 aliphatic rings. The van der Waals surface area contributed by atoms with Crippen LogP contribution in [0.25, 0.3) is 0 Å². The zero-order chi connectivity index (χ0) is 16.2. The Morgan fingerprint density at radius 2 is 1.83 bits per heavy atom. The maximum absolute atomic E-state index is 12.4. The summed E-state index contributed by atoms with van der Waals surface area (Å²) in [5, 5.41) is 0.578. The molecule has 2 aromatic rings. The number of hydrogen-bond donors (Lipinski definition) is 1. The minimum atomic E-state index is -0.160. The first-order chi connectivity index (χ1) is 11.1. The number of morpholine rings is 1. The molecule has 1 aliphatic heterocycles. The molecule has 0 aliphatic carbocycles. The third-order valence-electron chi connectivity index (χ3n) is 3.83. The third kappa shape index (κ3) is 3.88. The van der Waals surface area contributed by atoms with Gasteiger partial charge in [-0.2, -0.15) is 0 Å². The van der Waals surface area contributed by atoms with E-state index >= 15 is 0 Å². The fraction of sp³-hybridized carbons (Fsp3) is 0.294. The van der Waals surface area contributed by atoms with Gasteiger partial charge < -0.3 is 9.72 Å². The molecule has 120 valence electrons. The molecule has 3 rings (SSSR count). The van der Waals surface area contributed by atoms with Crippen LogP contribution >= 0.6 is 11.6 Å². The van der Waals surface area contributed by atoms with Crippen LogP contribution in [0.3, 0.4) is 0 Å². The maximum Gasteiger partial charge on any atom is 0.209 e. The van der Waals surface area contributed by atoms with Crippen molar-refractivity contribution in [2.75, 3.05) is 32.8 Å². The number of hydrogen-bond acceptors (Lipinski definition) is 4. The van der Waals surface area contributed by atoms with Crippen molar-refractivity contribution in [3.8, 4) is 0 Å². The second kappa shape index (κ2) is 7.08. The van der Waals surface area contributed by atoms with Crippen LogP contribution in [0.2, 0.25) is 5.02 Å². The van der Waals surface area contributed by atoms with Gasteiger partial charge in [0.2, 0.25) is 5.78 Å². The fourth-order valence-corrected chi connectivity index (χ4v) is 2.62. The smallest absolute Gasteiger partial charge is 0.209 e. The number of ether oxygens (including phenoxy) is 1. The Labute approximate surface area is 139 Å². The third-order valence-corrected chi connectivity index (χ3v) is 4.08. The lowest BCUT2D eigenvalue weighted by Crippen LogP contribution is -2.39. The average molecular weight is 333 g/mol. The molecule has 1 saturated heterocycles. The Hall–Kier alpha value is -1.95. The molecule has 0 radical (unpaired) electrons. The minimum Gasteiger partial charge on any atom is -0.379 e. The SMILES string of the molecule is O=C(CN1CCOCC1)c1c[nH]c(C(=O)c2ccc(Cl)cc2)c1. The van der Waals surface area contributed by atoms with Crippen molar-refractivity contribution in [3.05, 3.63) is 58.4 Å². The number of nitrogens with zero attached hydrogens (tertiary/aromatic N) is 1. The van der Waals surface area contributed by atoms with Crippen molar-refractivity contribution in [2.24, 2.45) is 0 Å². The van der Waals surface area contributed by atoms with Gasteiger partial charge in [-0.3, -0.25) is 14.5 Å². The summed E-state index contributed by atoms with van der Waals surface area (Å²) in [6.45, 7) is 3.16. The highest BCUT2D eigenvalue weighted by molar-refractivity contribution is 6.30. The highest BCUT2D eigenvalue weighted by Gasteiger charge is 2.18. The Balaban J connectivity index is 1.68. The van der Waals surface area contributed by atoms with E-state index in [-0.39, 0.29) is 11.6 Å². The van der Waals surface area contributed by atoms with Crippen LogP contribution in [-0.4, -0.2) is 54.3 Å². The molecular formula is C17H17ClN2O3. The molecule has 1 N–H and O–H groups in total. The zero-order valence-corrected chi connectivity index (χ0v) is 13.3. The van der Waals surface area contributed by atoms with Gasteiger partial charge in [0.25, 0.3) is 0 Å². The predicted molar refractivity (Wildman–Crippen MR) is 87.3 cm³/mol. The molecule has 0 spiro atoms. The summed E-state index contributed by atoms with van der Waals surface area (Å²) in [7, 11) is 0. The van der Waals surface area contributed by atoms with Gasteiger partial charge in [-0.25, -0.2) is 0 Å². The van der Waals surface area contributed by atoms with Crippen molar-refractivity contribution in [1.29, 1.82) is 0 Å². The summed E-state index contributed by atoms with van der Waals surface area (Å²) in [5.41, 5.74) is 1.45. The highest BCUT2D eigenvalue weighted by atomic mass is 35.5. The molecule has 0 unspecified atom stereocenters. The number of nitrogens with one attached hydrogen (secondary N) is 1. The molecule has 2 heterocycles. The zero-order valence-electron chi connectivity index (χ0n) is 12.5. The van der Waals surface area contributed by atoms with Gasteiger partial charge in [-0.15, -0.1) is 0 Å². The second-order valence-corrected chi connectivity index (χ2v) is 5.89. The number of halogens is 1. The number of aromatic amines is 1. The fourth-order valence-electron chi connectivity index (χ4n) is 2.50. The van der Waals surface area contributed by atoms with Crippen LogP contribution in [-0.2, 0) is 4.74 Å². The molecular weight excluding hydrogens is 316 g/mol. The number of ketones is 2. The lowest BCUT2D eigenvalue weighted by atomic mass is 10.1. The van der Waals surface area contributed by atoms with Gasteiger partial charge in [0, 0.05) is 35.4 Å². The van der Waals surface area contributed by atoms with E-state index in [1.807, 2.05) is 0 Å². The standard InChI is InChI=1S/C17H17ClN2O3/c18-14-3-1-12(2-4-14)17(22)15-9-13(10-19-15)16(21)11-20-5-7-23-8-6-20/h1-4,9-10,19H,5-8,11H2. The number of rotatable bonds is 5. The Bertz CT molecular complexity index is 703. The first-order valence-corrected chi connectivity index (χ1v) is 7.83. The van der Waals surface area contributed by atoms with Gasteiger partial charge in [-0.05, 0) is 30.3 Å². The van der Waals surface area contributed by atoms with Crippen LogP contribution in [0.15, 0.2) is 36.5 Å². The monoisotopic (exact) mass is 332 g/mol. The van der Waals surface area contributed by atoms with E-state index < -0.39 is 0 Å². The van der Waals surface area contributed by atoms with Crippen molar-refractivity contribution < 1.29 is 14.3 Å². The number of carbonyl (C=O) groups is 2. The van der Waals surface area contributed by atoms with Crippen LogP contribution in [0.1, 0.15) is 26.4 Å². The maximum atomic E-state index is 12.4. The summed E-state index contributed by atoms with van der Waals surface area (Å²) in [5.74, 6) is -0.162. The lowest BCUT2D eigenvalue weighted by Gasteiger charge is -2.25. The molecule has 6 heteroatoms. The summed E-state index contributed by atoms with van der Waals surface area (Å²) in [4.78, 5) is 29.6. The summed E-state index contributed by atoms with van der Waals surface area (Å²) < 4.78 is 5.27. The average Bonchev–Trinajstić information content (AvgIpc) is 3.06. The molecule has 5 nitrogen and oxygen atoms in total. The van der Waals surface area contributed by atoms with Gasteiger partial charge >= 0.3 is 0 Å². The van der Waals surface area contributed by atoms with Crippen molar-refractivity contribution in [1.82, 2.24) is 9.88 Å². The quantitative estimate of drug-likeness (QED) is 0.854. The van der Waals surface area contributed by atoms with Crippen molar-refractivity contribution >= 4 is 23.2 Å². The number of Topliss-reactive ketones (excluding diaryl/α,β-unsaturated/α-hetero) is 1. The van der Waals surface area contributed by atoms with Crippen molar-refractivity contribution in [2.45, 2.75) is 0 Å². The number of aromatic nitrogens is 1. The van der Waals surface area contributed by atoms with Crippen LogP contribution < -0.4 is 0 Å². The molecule has 1 aromatic carbocycles. The van der Waals surface area contributed by atoms with E-state index in [1.165, 1.54) is 0 Å². The molecule has 1 aromatic heterocycles. The van der Waals surface area contributed by atoms with E-state index in [9.17, 15) is 9.59 Å². The van der Waals surface area contributed by atoms with E-state index in [0.29, 0.717) is 41.6 Å². The molecule has 0 bridgehead atoms. The van der Waals surface area contributed by atoms with Gasteiger partial charge in [0.1, 0.15) is 0 Å².